The van der Waals surface area contributed by atoms with E-state index in [0.717, 1.165) is 19.5 Å². The van der Waals surface area contributed by atoms with Crippen LogP contribution in [0.4, 0.5) is 0 Å². The molecule has 0 aromatic carbocycles. The highest BCUT2D eigenvalue weighted by Crippen LogP contribution is 2.11. The first-order valence-electron chi connectivity index (χ1n) is 4.94. The summed E-state index contributed by atoms with van der Waals surface area (Å²) in [7, 11) is -2.79. The maximum Gasteiger partial charge on any atom is 0.150 e. The van der Waals surface area contributed by atoms with Gasteiger partial charge in [0.1, 0.15) is 0 Å². The molecule has 78 valence electrons. The first-order valence-corrected chi connectivity index (χ1v) is 6.76. The van der Waals surface area contributed by atoms with Crippen molar-refractivity contribution in [2.24, 2.45) is 11.8 Å². The van der Waals surface area contributed by atoms with Gasteiger partial charge in [0.05, 0.1) is 11.5 Å². The lowest BCUT2D eigenvalue weighted by Crippen LogP contribution is -2.46. The summed E-state index contributed by atoms with van der Waals surface area (Å²) in [6, 6.07) is 0. The Morgan fingerprint density at radius 1 is 1.46 bits per heavy atom. The molecule has 13 heavy (non-hydrogen) atoms. The predicted molar refractivity (Wildman–Crippen MR) is 54.5 cm³/mol. The van der Waals surface area contributed by atoms with Crippen molar-refractivity contribution in [3.05, 3.63) is 0 Å². The maximum absolute atomic E-state index is 11.6. The largest absolute Gasteiger partial charge is 0.316 e. The van der Waals surface area contributed by atoms with Crippen LogP contribution in [0.3, 0.4) is 0 Å². The molecule has 0 aromatic rings. The molecule has 0 bridgehead atoms. The third-order valence-corrected chi connectivity index (χ3v) is 4.65. The molecule has 1 rings (SSSR count). The molecule has 1 aliphatic rings. The first kappa shape index (κ1) is 11.0. The molecule has 1 aliphatic heterocycles. The fraction of sp³-hybridized carbons (Fsp3) is 1.00. The molecule has 0 aliphatic carbocycles. The van der Waals surface area contributed by atoms with Crippen LogP contribution >= 0.6 is 0 Å². The van der Waals surface area contributed by atoms with Gasteiger partial charge in [0, 0.05) is 13.1 Å². The van der Waals surface area contributed by atoms with Gasteiger partial charge in [-0.3, -0.25) is 0 Å². The summed E-state index contributed by atoms with van der Waals surface area (Å²) in [6.07, 6.45) is 0.947. The monoisotopic (exact) mass is 205 g/mol. The average molecular weight is 205 g/mol. The zero-order valence-corrected chi connectivity index (χ0v) is 9.23. The van der Waals surface area contributed by atoms with Gasteiger partial charge in [0.15, 0.2) is 9.84 Å². The Hall–Kier alpha value is -0.0900. The Labute approximate surface area is 80.8 Å². The molecule has 4 heteroatoms. The molecule has 1 fully saturated rings. The Kier molecular flexibility index (Phi) is 3.74. The van der Waals surface area contributed by atoms with Crippen molar-refractivity contribution in [3.8, 4) is 0 Å². The van der Waals surface area contributed by atoms with Gasteiger partial charge in [-0.25, -0.2) is 8.42 Å². The minimum absolute atomic E-state index is 0.304. The Morgan fingerprint density at radius 3 is 2.46 bits per heavy atom. The molecule has 3 nitrogen and oxygen atoms in total. The van der Waals surface area contributed by atoms with E-state index >= 15 is 0 Å². The Balaban J connectivity index is 2.36. The molecular weight excluding hydrogens is 186 g/mol. The highest BCUT2D eigenvalue weighted by molar-refractivity contribution is 7.91. The molecule has 0 aromatic heterocycles. The Morgan fingerprint density at radius 2 is 2.08 bits per heavy atom. The van der Waals surface area contributed by atoms with E-state index in [1.807, 2.05) is 13.8 Å². The molecule has 1 heterocycles. The molecule has 0 saturated carbocycles. The number of sulfone groups is 1. The van der Waals surface area contributed by atoms with Crippen molar-refractivity contribution in [1.82, 2.24) is 5.32 Å². The average Bonchev–Trinajstić information content (AvgIpc) is 1.96. The van der Waals surface area contributed by atoms with E-state index in [4.69, 9.17) is 0 Å². The third kappa shape index (κ3) is 3.65. The van der Waals surface area contributed by atoms with Crippen molar-refractivity contribution in [1.29, 1.82) is 0 Å². The van der Waals surface area contributed by atoms with Crippen LogP contribution in [0.1, 0.15) is 20.3 Å². The van der Waals surface area contributed by atoms with Crippen molar-refractivity contribution in [3.63, 3.8) is 0 Å². The van der Waals surface area contributed by atoms with Crippen molar-refractivity contribution < 1.29 is 8.42 Å². The van der Waals surface area contributed by atoms with Gasteiger partial charge in [0.25, 0.3) is 0 Å². The van der Waals surface area contributed by atoms with Crippen LogP contribution < -0.4 is 5.32 Å². The second kappa shape index (κ2) is 4.42. The van der Waals surface area contributed by atoms with Crippen LogP contribution in [0.5, 0.6) is 0 Å². The number of nitrogens with one attached hydrogen (secondary N) is 1. The van der Waals surface area contributed by atoms with Crippen LogP contribution in [0.15, 0.2) is 0 Å². The lowest BCUT2D eigenvalue weighted by molar-refractivity contribution is 0.378. The fourth-order valence-electron chi connectivity index (χ4n) is 1.44. The quantitative estimate of drug-likeness (QED) is 0.717. The van der Waals surface area contributed by atoms with Gasteiger partial charge in [-0.2, -0.15) is 0 Å². The molecule has 0 radical (unpaired) electrons. The second-order valence-corrected chi connectivity index (χ2v) is 6.27. The summed E-state index contributed by atoms with van der Waals surface area (Å²) >= 11 is 0. The molecule has 1 N–H and O–H groups in total. The van der Waals surface area contributed by atoms with Gasteiger partial charge in [0.2, 0.25) is 0 Å². The number of hydrogen-bond donors (Lipinski definition) is 1. The van der Waals surface area contributed by atoms with Gasteiger partial charge >= 0.3 is 0 Å². The van der Waals surface area contributed by atoms with E-state index in [1.165, 1.54) is 0 Å². The van der Waals surface area contributed by atoms with Gasteiger partial charge in [-0.05, 0) is 11.8 Å². The standard InChI is InChI=1S/C9H19NO2S/c1-3-8(2)6-13(11,12)7-9-4-10-5-9/h8-10H,3-7H2,1-2H3. The van der Waals surface area contributed by atoms with E-state index in [1.54, 1.807) is 0 Å². The lowest BCUT2D eigenvalue weighted by Gasteiger charge is -2.27. The second-order valence-electron chi connectivity index (χ2n) is 4.11. The normalized spacial score (nSPS) is 21.1. The van der Waals surface area contributed by atoms with E-state index in [0.29, 0.717) is 23.3 Å². The highest BCUT2D eigenvalue weighted by atomic mass is 32.2. The highest BCUT2D eigenvalue weighted by Gasteiger charge is 2.24. The molecule has 1 saturated heterocycles. The number of rotatable bonds is 5. The van der Waals surface area contributed by atoms with Gasteiger partial charge in [-0.15, -0.1) is 0 Å². The van der Waals surface area contributed by atoms with Crippen molar-refractivity contribution in [2.75, 3.05) is 24.6 Å². The van der Waals surface area contributed by atoms with Crippen LogP contribution in [-0.2, 0) is 9.84 Å². The molecule has 1 unspecified atom stereocenters. The molecule has 1 atom stereocenters. The van der Waals surface area contributed by atoms with Crippen molar-refractivity contribution in [2.45, 2.75) is 20.3 Å². The summed E-state index contributed by atoms with van der Waals surface area (Å²) in [4.78, 5) is 0. The number of hydrogen-bond acceptors (Lipinski definition) is 3. The zero-order valence-electron chi connectivity index (χ0n) is 8.41. The van der Waals surface area contributed by atoms with Crippen molar-refractivity contribution >= 4 is 9.84 Å². The van der Waals surface area contributed by atoms with Crippen LogP contribution in [-0.4, -0.2) is 33.0 Å². The smallest absolute Gasteiger partial charge is 0.150 e. The van der Waals surface area contributed by atoms with Gasteiger partial charge in [-0.1, -0.05) is 20.3 Å². The van der Waals surface area contributed by atoms with Crippen LogP contribution in [0.25, 0.3) is 0 Å². The van der Waals surface area contributed by atoms with Crippen LogP contribution in [0, 0.1) is 11.8 Å². The third-order valence-electron chi connectivity index (χ3n) is 2.59. The van der Waals surface area contributed by atoms with Crippen LogP contribution in [0.2, 0.25) is 0 Å². The minimum Gasteiger partial charge on any atom is -0.316 e. The topological polar surface area (TPSA) is 46.2 Å². The fourth-order valence-corrected chi connectivity index (χ4v) is 3.64. The molecule has 0 spiro atoms. The maximum atomic E-state index is 11.6. The first-order chi connectivity index (χ1) is 6.03. The molecule has 0 amide bonds. The SMILES string of the molecule is CCC(C)CS(=O)(=O)CC1CNC1. The molecular formula is C9H19NO2S. The van der Waals surface area contributed by atoms with E-state index in [2.05, 4.69) is 5.32 Å². The summed E-state index contributed by atoms with van der Waals surface area (Å²) in [5.74, 6) is 1.41. The van der Waals surface area contributed by atoms with E-state index in [-0.39, 0.29) is 0 Å². The van der Waals surface area contributed by atoms with E-state index in [9.17, 15) is 8.42 Å². The summed E-state index contributed by atoms with van der Waals surface area (Å²) in [5.41, 5.74) is 0. The minimum atomic E-state index is -2.79. The Bertz CT molecular complexity index is 232. The lowest BCUT2D eigenvalue weighted by atomic mass is 10.1. The predicted octanol–water partition coefficient (Wildman–Crippen LogP) is 0.667. The van der Waals surface area contributed by atoms with Gasteiger partial charge < -0.3 is 5.32 Å². The summed E-state index contributed by atoms with van der Waals surface area (Å²) in [5, 5.41) is 3.09. The summed E-state index contributed by atoms with van der Waals surface area (Å²) < 4.78 is 23.2. The van der Waals surface area contributed by atoms with E-state index < -0.39 is 9.84 Å². The zero-order chi connectivity index (χ0) is 9.90. The summed E-state index contributed by atoms with van der Waals surface area (Å²) in [6.45, 7) is 5.78.